The first-order valence-corrected chi connectivity index (χ1v) is 11.7. The second-order valence-corrected chi connectivity index (χ2v) is 9.20. The first kappa shape index (κ1) is 21.4. The molecule has 0 spiro atoms. The minimum Gasteiger partial charge on any atom is -0.343 e. The molecule has 2 aromatic carbocycles. The van der Waals surface area contributed by atoms with Crippen LogP contribution < -0.4 is 4.80 Å². The lowest BCUT2D eigenvalue weighted by Crippen LogP contribution is -2.27. The molecule has 0 aliphatic carbocycles. The van der Waals surface area contributed by atoms with E-state index in [4.69, 9.17) is 39.8 Å². The van der Waals surface area contributed by atoms with Gasteiger partial charge in [-0.1, -0.05) is 46.9 Å². The fourth-order valence-electron chi connectivity index (χ4n) is 3.51. The van der Waals surface area contributed by atoms with Crippen molar-refractivity contribution in [1.29, 1.82) is 0 Å². The normalized spacial score (nSPS) is 14.7. The molecule has 1 aliphatic rings. The first-order valence-electron chi connectivity index (χ1n) is 9.73. The molecular formula is C22H20Cl3N3OS. The van der Waals surface area contributed by atoms with Crippen molar-refractivity contribution < 1.29 is 4.79 Å². The average molecular weight is 481 g/mol. The van der Waals surface area contributed by atoms with Crippen molar-refractivity contribution in [3.05, 3.63) is 67.7 Å². The number of thiazole rings is 1. The van der Waals surface area contributed by atoms with Crippen LogP contribution in [0.4, 0.5) is 5.69 Å². The van der Waals surface area contributed by atoms with Gasteiger partial charge in [-0.15, -0.1) is 11.3 Å². The van der Waals surface area contributed by atoms with Gasteiger partial charge in [0.2, 0.25) is 5.91 Å². The lowest BCUT2D eigenvalue weighted by atomic mass is 10.2. The molecule has 0 N–H and O–H groups in total. The number of benzene rings is 2. The third-order valence-corrected chi connectivity index (χ3v) is 6.90. The maximum Gasteiger partial charge on any atom is 0.222 e. The standard InChI is InChI=1S/C22H20Cl3N3OS/c23-16-6-4-15(5-7-16)20-14-30-22(26-17-8-9-18(24)19(25)13-17)28(20)12-2-11-27-10-1-3-21(27)29/h4-9,13-14H,1-3,10-12H2. The second kappa shape index (κ2) is 9.56. The molecule has 1 fully saturated rings. The van der Waals surface area contributed by atoms with Gasteiger partial charge in [-0.05, 0) is 48.7 Å². The van der Waals surface area contributed by atoms with Crippen molar-refractivity contribution in [2.45, 2.75) is 25.8 Å². The number of amides is 1. The summed E-state index contributed by atoms with van der Waals surface area (Å²) in [6.07, 6.45) is 2.48. The van der Waals surface area contributed by atoms with Gasteiger partial charge in [-0.25, -0.2) is 4.99 Å². The Kier molecular flexibility index (Phi) is 6.84. The van der Waals surface area contributed by atoms with Crippen LogP contribution in [-0.4, -0.2) is 28.5 Å². The summed E-state index contributed by atoms with van der Waals surface area (Å²) in [7, 11) is 0. The largest absolute Gasteiger partial charge is 0.343 e. The van der Waals surface area contributed by atoms with Crippen LogP contribution >= 0.6 is 46.1 Å². The highest BCUT2D eigenvalue weighted by atomic mass is 35.5. The summed E-state index contributed by atoms with van der Waals surface area (Å²) in [5.74, 6) is 0.254. The molecule has 0 radical (unpaired) electrons. The number of aromatic nitrogens is 1. The second-order valence-electron chi connectivity index (χ2n) is 7.11. The van der Waals surface area contributed by atoms with E-state index in [9.17, 15) is 4.79 Å². The van der Waals surface area contributed by atoms with Crippen LogP contribution in [-0.2, 0) is 11.3 Å². The number of nitrogens with zero attached hydrogens (tertiary/aromatic N) is 3. The van der Waals surface area contributed by atoms with Crippen LogP contribution in [0.3, 0.4) is 0 Å². The van der Waals surface area contributed by atoms with E-state index in [0.717, 1.165) is 54.2 Å². The van der Waals surface area contributed by atoms with Crippen LogP contribution in [0, 0.1) is 0 Å². The van der Waals surface area contributed by atoms with Crippen molar-refractivity contribution in [3.8, 4) is 11.3 Å². The van der Waals surface area contributed by atoms with E-state index >= 15 is 0 Å². The molecule has 1 aromatic heterocycles. The van der Waals surface area contributed by atoms with E-state index in [2.05, 4.69) is 9.95 Å². The highest BCUT2D eigenvalue weighted by Crippen LogP contribution is 2.27. The average Bonchev–Trinajstić information content (AvgIpc) is 3.32. The minimum absolute atomic E-state index is 0.254. The molecule has 0 atom stereocenters. The smallest absolute Gasteiger partial charge is 0.222 e. The highest BCUT2D eigenvalue weighted by Gasteiger charge is 2.19. The van der Waals surface area contributed by atoms with E-state index in [1.54, 1.807) is 23.5 Å². The molecule has 0 saturated carbocycles. The lowest BCUT2D eigenvalue weighted by Gasteiger charge is -2.16. The van der Waals surface area contributed by atoms with Crippen LogP contribution in [0.1, 0.15) is 19.3 Å². The van der Waals surface area contributed by atoms with Gasteiger partial charge in [0.05, 0.1) is 21.4 Å². The van der Waals surface area contributed by atoms with Crippen molar-refractivity contribution in [1.82, 2.24) is 9.47 Å². The Balaban J connectivity index is 1.66. The Bertz CT molecular complexity index is 1120. The number of carbonyl (C=O) groups excluding carboxylic acids is 1. The molecule has 2 heterocycles. The number of halogens is 3. The molecule has 0 unspecified atom stereocenters. The Morgan fingerprint density at radius 2 is 1.80 bits per heavy atom. The zero-order valence-electron chi connectivity index (χ0n) is 16.2. The summed E-state index contributed by atoms with van der Waals surface area (Å²) in [4.78, 5) is 19.5. The molecule has 0 bridgehead atoms. The predicted octanol–water partition coefficient (Wildman–Crippen LogP) is 6.42. The molecule has 1 saturated heterocycles. The third kappa shape index (κ3) is 4.92. The molecule has 8 heteroatoms. The van der Waals surface area contributed by atoms with Crippen LogP contribution in [0.25, 0.3) is 11.3 Å². The van der Waals surface area contributed by atoms with Gasteiger partial charge in [0.1, 0.15) is 0 Å². The number of likely N-dealkylation sites (tertiary alicyclic amines) is 1. The number of rotatable bonds is 6. The van der Waals surface area contributed by atoms with Gasteiger partial charge >= 0.3 is 0 Å². The van der Waals surface area contributed by atoms with E-state index in [-0.39, 0.29) is 5.91 Å². The summed E-state index contributed by atoms with van der Waals surface area (Å²) in [5.41, 5.74) is 2.89. The van der Waals surface area contributed by atoms with Gasteiger partial charge < -0.3 is 9.47 Å². The van der Waals surface area contributed by atoms with Crippen LogP contribution in [0.2, 0.25) is 15.1 Å². The summed E-state index contributed by atoms with van der Waals surface area (Å²) in [6, 6.07) is 13.2. The third-order valence-electron chi connectivity index (χ3n) is 5.05. The summed E-state index contributed by atoms with van der Waals surface area (Å²) < 4.78 is 2.19. The molecule has 4 nitrogen and oxygen atoms in total. The number of hydrogen-bond donors (Lipinski definition) is 0. The maximum atomic E-state index is 11.9. The predicted molar refractivity (Wildman–Crippen MR) is 125 cm³/mol. The molecule has 3 aromatic rings. The van der Waals surface area contributed by atoms with Gasteiger partial charge in [0.25, 0.3) is 0 Å². The Labute approximate surface area is 194 Å². The molecule has 4 rings (SSSR count). The number of carbonyl (C=O) groups is 1. The molecule has 156 valence electrons. The van der Waals surface area contributed by atoms with Crippen molar-refractivity contribution in [3.63, 3.8) is 0 Å². The van der Waals surface area contributed by atoms with Crippen LogP contribution in [0.5, 0.6) is 0 Å². The molecule has 1 aliphatic heterocycles. The Hall–Kier alpha value is -1.79. The zero-order valence-corrected chi connectivity index (χ0v) is 19.2. The van der Waals surface area contributed by atoms with Crippen molar-refractivity contribution in [2.24, 2.45) is 4.99 Å². The summed E-state index contributed by atoms with van der Waals surface area (Å²) in [5, 5.41) is 3.78. The van der Waals surface area contributed by atoms with Gasteiger partial charge in [0.15, 0.2) is 4.80 Å². The van der Waals surface area contributed by atoms with Crippen molar-refractivity contribution >= 4 is 57.7 Å². The lowest BCUT2D eigenvalue weighted by molar-refractivity contribution is -0.127. The number of hydrogen-bond acceptors (Lipinski definition) is 3. The van der Waals surface area contributed by atoms with Crippen LogP contribution in [0.15, 0.2) is 52.8 Å². The zero-order chi connectivity index (χ0) is 21.1. The quantitative estimate of drug-likeness (QED) is 0.401. The fourth-order valence-corrected chi connectivity index (χ4v) is 4.88. The topological polar surface area (TPSA) is 37.6 Å². The first-order chi connectivity index (χ1) is 14.5. The van der Waals surface area contributed by atoms with E-state index in [1.807, 2.05) is 35.2 Å². The molecular weight excluding hydrogens is 461 g/mol. The SMILES string of the molecule is O=C1CCCN1CCCn1c(-c2ccc(Cl)cc2)csc1=Nc1ccc(Cl)c(Cl)c1. The summed E-state index contributed by atoms with van der Waals surface area (Å²) >= 11 is 19.8. The van der Waals surface area contributed by atoms with E-state index in [0.29, 0.717) is 21.5 Å². The van der Waals surface area contributed by atoms with E-state index in [1.165, 1.54) is 0 Å². The summed E-state index contributed by atoms with van der Waals surface area (Å²) in [6.45, 7) is 2.37. The van der Waals surface area contributed by atoms with E-state index < -0.39 is 0 Å². The molecule has 1 amide bonds. The van der Waals surface area contributed by atoms with Crippen molar-refractivity contribution in [2.75, 3.05) is 13.1 Å². The maximum absolute atomic E-state index is 11.9. The van der Waals surface area contributed by atoms with Gasteiger partial charge in [0, 0.05) is 36.5 Å². The van der Waals surface area contributed by atoms with Gasteiger partial charge in [-0.2, -0.15) is 0 Å². The molecule has 30 heavy (non-hydrogen) atoms. The Morgan fingerprint density at radius 1 is 1.00 bits per heavy atom. The fraction of sp³-hybridized carbons (Fsp3) is 0.273. The minimum atomic E-state index is 0.254. The highest BCUT2D eigenvalue weighted by molar-refractivity contribution is 7.07. The Morgan fingerprint density at radius 3 is 2.50 bits per heavy atom. The monoisotopic (exact) mass is 479 g/mol. The van der Waals surface area contributed by atoms with Gasteiger partial charge in [-0.3, -0.25) is 4.79 Å².